The molecule has 0 bridgehead atoms. The van der Waals surface area contributed by atoms with Gasteiger partial charge in [-0.2, -0.15) is 0 Å². The van der Waals surface area contributed by atoms with Gasteiger partial charge in [-0.05, 0) is 45.3 Å². The van der Waals surface area contributed by atoms with Crippen molar-refractivity contribution in [3.63, 3.8) is 0 Å². The monoisotopic (exact) mass is 172 g/mol. The maximum atomic E-state index is 8.60. The zero-order valence-electron chi connectivity index (χ0n) is 7.68. The van der Waals surface area contributed by atoms with Gasteiger partial charge in [0.05, 0.1) is 0 Å². The van der Waals surface area contributed by atoms with Gasteiger partial charge in [0.15, 0.2) is 0 Å². The molecule has 3 nitrogen and oxygen atoms in total. The van der Waals surface area contributed by atoms with Crippen molar-refractivity contribution in [2.45, 2.75) is 31.7 Å². The molecule has 1 heterocycles. The van der Waals surface area contributed by atoms with Crippen LogP contribution >= 0.6 is 0 Å². The molecule has 1 unspecified atom stereocenters. The normalized spacial score (nSPS) is 25.2. The Morgan fingerprint density at radius 2 is 2.25 bits per heavy atom. The summed E-state index contributed by atoms with van der Waals surface area (Å²) in [7, 11) is 0. The lowest BCUT2D eigenvalue weighted by Crippen LogP contribution is -2.31. The Balaban J connectivity index is 2.04. The van der Waals surface area contributed by atoms with E-state index in [0.29, 0.717) is 12.6 Å². The third-order valence-corrected chi connectivity index (χ3v) is 2.34. The van der Waals surface area contributed by atoms with E-state index in [2.05, 4.69) is 10.6 Å². The molecular weight excluding hydrogens is 152 g/mol. The van der Waals surface area contributed by atoms with Crippen LogP contribution in [-0.2, 0) is 0 Å². The van der Waals surface area contributed by atoms with Crippen LogP contribution in [0.2, 0.25) is 0 Å². The summed E-state index contributed by atoms with van der Waals surface area (Å²) in [6.07, 6.45) is 4.66. The summed E-state index contributed by atoms with van der Waals surface area (Å²) in [5.74, 6) is 0. The Bertz CT molecular complexity index is 101. The molecule has 0 radical (unpaired) electrons. The van der Waals surface area contributed by atoms with Crippen LogP contribution in [0.4, 0.5) is 0 Å². The Labute approximate surface area is 74.5 Å². The van der Waals surface area contributed by atoms with Crippen LogP contribution in [0.25, 0.3) is 0 Å². The van der Waals surface area contributed by atoms with E-state index in [0.717, 1.165) is 26.1 Å². The third kappa shape index (κ3) is 4.04. The van der Waals surface area contributed by atoms with Crippen molar-refractivity contribution in [3.8, 4) is 0 Å². The van der Waals surface area contributed by atoms with Crippen LogP contribution < -0.4 is 10.6 Å². The molecule has 1 fully saturated rings. The molecule has 1 aliphatic heterocycles. The van der Waals surface area contributed by atoms with E-state index in [-0.39, 0.29) is 0 Å². The Morgan fingerprint density at radius 3 is 3.08 bits per heavy atom. The molecule has 0 aromatic rings. The lowest BCUT2D eigenvalue weighted by Gasteiger charge is -2.14. The minimum atomic E-state index is 0.304. The second kappa shape index (κ2) is 6.40. The van der Waals surface area contributed by atoms with Gasteiger partial charge in [0.25, 0.3) is 0 Å². The van der Waals surface area contributed by atoms with E-state index in [4.69, 9.17) is 5.11 Å². The topological polar surface area (TPSA) is 44.3 Å². The van der Waals surface area contributed by atoms with Crippen LogP contribution in [0.3, 0.4) is 0 Å². The highest BCUT2D eigenvalue weighted by Crippen LogP contribution is 2.04. The first kappa shape index (κ1) is 9.96. The van der Waals surface area contributed by atoms with Gasteiger partial charge in [0.2, 0.25) is 0 Å². The number of hydrogen-bond donors (Lipinski definition) is 3. The molecule has 1 saturated heterocycles. The molecule has 1 rings (SSSR count). The number of hydrogen-bond acceptors (Lipinski definition) is 3. The smallest absolute Gasteiger partial charge is 0.0443 e. The second-order valence-corrected chi connectivity index (χ2v) is 3.41. The Hall–Kier alpha value is -0.120. The molecule has 1 aliphatic rings. The van der Waals surface area contributed by atoms with Crippen LogP contribution in [0.1, 0.15) is 25.7 Å². The summed E-state index contributed by atoms with van der Waals surface area (Å²) in [4.78, 5) is 0. The van der Waals surface area contributed by atoms with Crippen LogP contribution in [0.5, 0.6) is 0 Å². The average Bonchev–Trinajstić information content (AvgIpc) is 2.33. The van der Waals surface area contributed by atoms with Crippen molar-refractivity contribution in [2.24, 2.45) is 0 Å². The zero-order chi connectivity index (χ0) is 8.65. The summed E-state index contributed by atoms with van der Waals surface area (Å²) in [5, 5.41) is 15.4. The predicted octanol–water partition coefficient (Wildman–Crippen LogP) is 0.100. The molecule has 1 atom stereocenters. The van der Waals surface area contributed by atoms with E-state index in [1.807, 2.05) is 0 Å². The SMILES string of the molecule is OCCCNC1CCCNCC1. The van der Waals surface area contributed by atoms with E-state index in [1.54, 1.807) is 0 Å². The number of nitrogens with one attached hydrogen (secondary N) is 2. The largest absolute Gasteiger partial charge is 0.396 e. The van der Waals surface area contributed by atoms with E-state index in [1.165, 1.54) is 19.3 Å². The van der Waals surface area contributed by atoms with E-state index >= 15 is 0 Å². The fourth-order valence-corrected chi connectivity index (χ4v) is 1.61. The minimum Gasteiger partial charge on any atom is -0.396 e. The fraction of sp³-hybridized carbons (Fsp3) is 1.00. The Morgan fingerprint density at radius 1 is 1.33 bits per heavy atom. The van der Waals surface area contributed by atoms with E-state index < -0.39 is 0 Å². The van der Waals surface area contributed by atoms with Gasteiger partial charge < -0.3 is 15.7 Å². The van der Waals surface area contributed by atoms with Gasteiger partial charge in [-0.15, -0.1) is 0 Å². The first-order valence-electron chi connectivity index (χ1n) is 4.98. The lowest BCUT2D eigenvalue weighted by molar-refractivity contribution is 0.282. The summed E-state index contributed by atoms with van der Waals surface area (Å²) in [6.45, 7) is 3.56. The number of aliphatic hydroxyl groups excluding tert-OH is 1. The predicted molar refractivity (Wildman–Crippen MR) is 50.2 cm³/mol. The third-order valence-electron chi connectivity index (χ3n) is 2.34. The van der Waals surface area contributed by atoms with Crippen LogP contribution in [0, 0.1) is 0 Å². The molecule has 0 amide bonds. The van der Waals surface area contributed by atoms with Gasteiger partial charge in [0.1, 0.15) is 0 Å². The summed E-state index contributed by atoms with van der Waals surface area (Å²) in [6, 6.07) is 0.673. The molecular formula is C9H20N2O. The molecule has 0 aliphatic carbocycles. The van der Waals surface area contributed by atoms with Crippen molar-refractivity contribution in [1.29, 1.82) is 0 Å². The number of aliphatic hydroxyl groups is 1. The molecule has 0 aromatic carbocycles. The highest BCUT2D eigenvalue weighted by atomic mass is 16.3. The van der Waals surface area contributed by atoms with Gasteiger partial charge >= 0.3 is 0 Å². The molecule has 72 valence electrons. The second-order valence-electron chi connectivity index (χ2n) is 3.41. The van der Waals surface area contributed by atoms with Crippen molar-refractivity contribution in [3.05, 3.63) is 0 Å². The van der Waals surface area contributed by atoms with Crippen molar-refractivity contribution in [2.75, 3.05) is 26.2 Å². The molecule has 12 heavy (non-hydrogen) atoms. The first-order valence-corrected chi connectivity index (χ1v) is 4.98. The Kier molecular flexibility index (Phi) is 5.32. The highest BCUT2D eigenvalue weighted by molar-refractivity contribution is 4.71. The molecule has 3 N–H and O–H groups in total. The quantitative estimate of drug-likeness (QED) is 0.527. The summed E-state index contributed by atoms with van der Waals surface area (Å²) < 4.78 is 0. The van der Waals surface area contributed by atoms with Crippen LogP contribution in [0.15, 0.2) is 0 Å². The summed E-state index contributed by atoms with van der Waals surface area (Å²) >= 11 is 0. The van der Waals surface area contributed by atoms with Crippen LogP contribution in [-0.4, -0.2) is 37.4 Å². The van der Waals surface area contributed by atoms with Gasteiger partial charge in [-0.25, -0.2) is 0 Å². The van der Waals surface area contributed by atoms with E-state index in [9.17, 15) is 0 Å². The molecule has 0 aromatic heterocycles. The average molecular weight is 172 g/mol. The van der Waals surface area contributed by atoms with Crippen molar-refractivity contribution in [1.82, 2.24) is 10.6 Å². The van der Waals surface area contributed by atoms with Crippen molar-refractivity contribution < 1.29 is 5.11 Å². The first-order chi connectivity index (χ1) is 5.93. The summed E-state index contributed by atoms with van der Waals surface area (Å²) in [5.41, 5.74) is 0. The van der Waals surface area contributed by atoms with Crippen molar-refractivity contribution >= 4 is 0 Å². The zero-order valence-corrected chi connectivity index (χ0v) is 7.68. The van der Waals surface area contributed by atoms with Gasteiger partial charge in [0, 0.05) is 12.6 Å². The minimum absolute atomic E-state index is 0.304. The molecule has 0 spiro atoms. The maximum Gasteiger partial charge on any atom is 0.0443 e. The number of rotatable bonds is 4. The molecule has 3 heteroatoms. The highest BCUT2D eigenvalue weighted by Gasteiger charge is 2.09. The van der Waals surface area contributed by atoms with Gasteiger partial charge in [-0.1, -0.05) is 0 Å². The fourth-order valence-electron chi connectivity index (χ4n) is 1.61. The maximum absolute atomic E-state index is 8.60. The molecule has 0 saturated carbocycles. The van der Waals surface area contributed by atoms with Gasteiger partial charge in [-0.3, -0.25) is 0 Å². The standard InChI is InChI=1S/C9H20N2O/c12-8-2-6-11-9-3-1-5-10-7-4-9/h9-12H,1-8H2. The lowest BCUT2D eigenvalue weighted by atomic mass is 10.1.